The number of fused-ring (bicyclic) bond motifs is 2. The zero-order valence-corrected chi connectivity index (χ0v) is 10.1. The third-order valence-corrected chi connectivity index (χ3v) is 3.72. The van der Waals surface area contributed by atoms with Crippen molar-refractivity contribution in [2.75, 3.05) is 0 Å². The van der Waals surface area contributed by atoms with Crippen molar-refractivity contribution in [2.24, 2.45) is 11.8 Å². The topological polar surface area (TPSA) is 72.8 Å². The van der Waals surface area contributed by atoms with E-state index >= 15 is 0 Å². The summed E-state index contributed by atoms with van der Waals surface area (Å²) in [5, 5.41) is 9.16. The van der Waals surface area contributed by atoms with Crippen molar-refractivity contribution in [3.8, 4) is 0 Å². The molecule has 5 nitrogen and oxygen atoms in total. The molecule has 96 valence electrons. The second-order valence-electron chi connectivity index (χ2n) is 4.84. The summed E-state index contributed by atoms with van der Waals surface area (Å²) in [4.78, 5) is 23.1. The monoisotopic (exact) mass is 242 g/mol. The fourth-order valence-electron chi connectivity index (χ4n) is 2.65. The zero-order valence-electron chi connectivity index (χ0n) is 10.1. The molecule has 2 fully saturated rings. The van der Waals surface area contributed by atoms with Crippen molar-refractivity contribution >= 4 is 11.9 Å². The smallest absolute Gasteiger partial charge is 0.312 e. The maximum atomic E-state index is 12.0. The number of hydrogen-bond acceptors (Lipinski definition) is 4. The average molecular weight is 242 g/mol. The summed E-state index contributed by atoms with van der Waals surface area (Å²) in [5.74, 6) is -2.73. The number of hydrogen-bond donors (Lipinski definition) is 1. The SMILES string of the molecule is CCC(C)OC(=O)C1C2CCC(O2)C1C(=O)O. The van der Waals surface area contributed by atoms with E-state index in [1.807, 2.05) is 13.8 Å². The Morgan fingerprint density at radius 3 is 2.47 bits per heavy atom. The first kappa shape index (κ1) is 12.4. The Hall–Kier alpha value is -1.10. The Balaban J connectivity index is 2.08. The van der Waals surface area contributed by atoms with E-state index in [2.05, 4.69) is 0 Å². The van der Waals surface area contributed by atoms with E-state index in [-0.39, 0.29) is 18.3 Å². The van der Waals surface area contributed by atoms with Crippen LogP contribution >= 0.6 is 0 Å². The van der Waals surface area contributed by atoms with Crippen LogP contribution in [0.4, 0.5) is 0 Å². The van der Waals surface area contributed by atoms with Crippen LogP contribution in [0.25, 0.3) is 0 Å². The van der Waals surface area contributed by atoms with Gasteiger partial charge in [0.05, 0.1) is 30.1 Å². The Kier molecular flexibility index (Phi) is 3.38. The van der Waals surface area contributed by atoms with Gasteiger partial charge in [-0.25, -0.2) is 0 Å². The molecule has 0 amide bonds. The zero-order chi connectivity index (χ0) is 12.6. The Morgan fingerprint density at radius 2 is 1.94 bits per heavy atom. The number of carbonyl (C=O) groups excluding carboxylic acids is 1. The number of carboxylic acid groups (broad SMARTS) is 1. The van der Waals surface area contributed by atoms with Gasteiger partial charge in [0.25, 0.3) is 0 Å². The van der Waals surface area contributed by atoms with Crippen molar-refractivity contribution in [1.82, 2.24) is 0 Å². The van der Waals surface area contributed by atoms with Crippen LogP contribution in [0.2, 0.25) is 0 Å². The number of carboxylic acids is 1. The van der Waals surface area contributed by atoms with Crippen LogP contribution in [0.5, 0.6) is 0 Å². The molecule has 5 atom stereocenters. The molecule has 5 heteroatoms. The molecule has 0 aromatic carbocycles. The minimum absolute atomic E-state index is 0.170. The third-order valence-electron chi connectivity index (χ3n) is 3.72. The van der Waals surface area contributed by atoms with Gasteiger partial charge in [0, 0.05) is 0 Å². The first-order valence-electron chi connectivity index (χ1n) is 6.13. The van der Waals surface area contributed by atoms with Crippen molar-refractivity contribution in [2.45, 2.75) is 51.4 Å². The van der Waals surface area contributed by atoms with Crippen molar-refractivity contribution in [3.63, 3.8) is 0 Å². The summed E-state index contributed by atoms with van der Waals surface area (Å²) in [6, 6.07) is 0. The van der Waals surface area contributed by atoms with Gasteiger partial charge < -0.3 is 14.6 Å². The molecule has 0 aromatic rings. The van der Waals surface area contributed by atoms with Gasteiger partial charge in [-0.1, -0.05) is 6.92 Å². The van der Waals surface area contributed by atoms with E-state index in [0.29, 0.717) is 0 Å². The van der Waals surface area contributed by atoms with Crippen LogP contribution < -0.4 is 0 Å². The summed E-state index contributed by atoms with van der Waals surface area (Å²) in [6.07, 6.45) is 1.47. The summed E-state index contributed by atoms with van der Waals surface area (Å²) < 4.78 is 10.7. The van der Waals surface area contributed by atoms with Crippen LogP contribution in [-0.4, -0.2) is 35.4 Å². The van der Waals surface area contributed by atoms with Crippen molar-refractivity contribution < 1.29 is 24.2 Å². The van der Waals surface area contributed by atoms with Crippen molar-refractivity contribution in [3.05, 3.63) is 0 Å². The van der Waals surface area contributed by atoms with Gasteiger partial charge in [-0.3, -0.25) is 9.59 Å². The fourth-order valence-corrected chi connectivity index (χ4v) is 2.65. The first-order chi connectivity index (χ1) is 8.04. The molecule has 0 saturated carbocycles. The lowest BCUT2D eigenvalue weighted by Crippen LogP contribution is -2.40. The minimum atomic E-state index is -0.955. The lowest BCUT2D eigenvalue weighted by molar-refractivity contribution is -0.161. The number of aliphatic carboxylic acids is 1. The molecule has 17 heavy (non-hydrogen) atoms. The lowest BCUT2D eigenvalue weighted by atomic mass is 9.79. The number of carbonyl (C=O) groups is 2. The molecule has 2 aliphatic rings. The maximum Gasteiger partial charge on any atom is 0.312 e. The molecular formula is C12H18O5. The van der Waals surface area contributed by atoms with Gasteiger partial charge in [-0.15, -0.1) is 0 Å². The van der Waals surface area contributed by atoms with E-state index < -0.39 is 23.8 Å². The van der Waals surface area contributed by atoms with Crippen LogP contribution in [-0.2, 0) is 19.1 Å². The molecule has 0 aliphatic carbocycles. The summed E-state index contributed by atoms with van der Waals surface area (Å²) >= 11 is 0. The van der Waals surface area contributed by atoms with Crippen LogP contribution in [0, 0.1) is 11.8 Å². The van der Waals surface area contributed by atoms with E-state index in [1.165, 1.54) is 0 Å². The quantitative estimate of drug-likeness (QED) is 0.750. The predicted octanol–water partition coefficient (Wildman–Crippen LogP) is 1.21. The highest BCUT2D eigenvalue weighted by atomic mass is 16.6. The van der Waals surface area contributed by atoms with Crippen LogP contribution in [0.15, 0.2) is 0 Å². The highest BCUT2D eigenvalue weighted by Crippen LogP contribution is 2.44. The highest BCUT2D eigenvalue weighted by Gasteiger charge is 2.56. The molecule has 2 bridgehead atoms. The standard InChI is InChI=1S/C12H18O5/c1-3-6(2)16-12(15)10-8-5-4-7(17-8)9(10)11(13)14/h6-10H,3-5H2,1-2H3,(H,13,14). The molecule has 0 radical (unpaired) electrons. The van der Waals surface area contributed by atoms with Gasteiger partial charge in [0.15, 0.2) is 0 Å². The van der Waals surface area contributed by atoms with E-state index in [9.17, 15) is 9.59 Å². The number of esters is 1. The van der Waals surface area contributed by atoms with E-state index in [1.54, 1.807) is 0 Å². The molecule has 2 aliphatic heterocycles. The Bertz CT molecular complexity index is 327. The molecule has 1 N–H and O–H groups in total. The first-order valence-corrected chi connectivity index (χ1v) is 6.13. The minimum Gasteiger partial charge on any atom is -0.481 e. The Labute approximate surface area is 100 Å². The van der Waals surface area contributed by atoms with Crippen LogP contribution in [0.1, 0.15) is 33.1 Å². The third kappa shape index (κ3) is 2.16. The number of ether oxygens (including phenoxy) is 2. The van der Waals surface area contributed by atoms with Gasteiger partial charge in [0.2, 0.25) is 0 Å². The molecule has 2 rings (SSSR count). The fraction of sp³-hybridized carbons (Fsp3) is 0.833. The molecule has 5 unspecified atom stereocenters. The van der Waals surface area contributed by atoms with Gasteiger partial charge in [-0.05, 0) is 26.2 Å². The highest BCUT2D eigenvalue weighted by molar-refractivity contribution is 5.83. The average Bonchev–Trinajstić information content (AvgIpc) is 2.87. The molecule has 2 heterocycles. The molecular weight excluding hydrogens is 224 g/mol. The summed E-state index contributed by atoms with van der Waals surface area (Å²) in [5.41, 5.74) is 0. The largest absolute Gasteiger partial charge is 0.481 e. The van der Waals surface area contributed by atoms with Gasteiger partial charge in [0.1, 0.15) is 0 Å². The van der Waals surface area contributed by atoms with E-state index in [0.717, 1.165) is 19.3 Å². The molecule has 0 aromatic heterocycles. The second kappa shape index (κ2) is 4.64. The maximum absolute atomic E-state index is 12.0. The number of rotatable bonds is 4. The summed E-state index contributed by atoms with van der Waals surface area (Å²) in [7, 11) is 0. The van der Waals surface area contributed by atoms with E-state index in [4.69, 9.17) is 14.6 Å². The molecule has 2 saturated heterocycles. The summed E-state index contributed by atoms with van der Waals surface area (Å²) in [6.45, 7) is 3.73. The van der Waals surface area contributed by atoms with Crippen LogP contribution in [0.3, 0.4) is 0 Å². The Morgan fingerprint density at radius 1 is 1.35 bits per heavy atom. The molecule has 0 spiro atoms. The van der Waals surface area contributed by atoms with Gasteiger partial charge in [-0.2, -0.15) is 0 Å². The normalized spacial score (nSPS) is 36.8. The lowest BCUT2D eigenvalue weighted by Gasteiger charge is -2.24. The van der Waals surface area contributed by atoms with Crippen molar-refractivity contribution in [1.29, 1.82) is 0 Å². The van der Waals surface area contributed by atoms with Gasteiger partial charge >= 0.3 is 11.9 Å². The predicted molar refractivity (Wildman–Crippen MR) is 58.4 cm³/mol. The second-order valence-corrected chi connectivity index (χ2v) is 4.84.